The maximum Gasteiger partial charge on any atom is 0.319 e. The van der Waals surface area contributed by atoms with Crippen LogP contribution in [0.15, 0.2) is 0 Å². The summed E-state index contributed by atoms with van der Waals surface area (Å²) in [5.41, 5.74) is 0. The van der Waals surface area contributed by atoms with E-state index >= 15 is 0 Å². The summed E-state index contributed by atoms with van der Waals surface area (Å²) in [5, 5.41) is 3.11. The molecular weight excluding hydrogens is 328 g/mol. The third-order valence-corrected chi connectivity index (χ3v) is 5.86. The Morgan fingerprint density at radius 1 is 1.08 bits per heavy atom. The van der Waals surface area contributed by atoms with Crippen LogP contribution in [0.5, 0.6) is 0 Å². The first-order chi connectivity index (χ1) is 12.5. The number of nitrogens with zero attached hydrogens (tertiary/aromatic N) is 3. The van der Waals surface area contributed by atoms with Crippen molar-refractivity contribution in [3.8, 4) is 0 Å². The van der Waals surface area contributed by atoms with Crippen molar-refractivity contribution in [3.05, 3.63) is 0 Å². The summed E-state index contributed by atoms with van der Waals surface area (Å²) < 4.78 is 0. The van der Waals surface area contributed by atoms with Crippen molar-refractivity contribution in [2.45, 2.75) is 52.9 Å². The van der Waals surface area contributed by atoms with Gasteiger partial charge in [0.1, 0.15) is 0 Å². The van der Waals surface area contributed by atoms with Crippen molar-refractivity contribution in [3.63, 3.8) is 0 Å². The zero-order chi connectivity index (χ0) is 18.9. The Kier molecular flexibility index (Phi) is 8.69. The first kappa shape index (κ1) is 21.0. The Bertz CT molecular complexity index is 445. The van der Waals surface area contributed by atoms with Gasteiger partial charge in [0.25, 0.3) is 0 Å². The molecule has 0 bridgehead atoms. The third kappa shape index (κ3) is 6.15. The van der Waals surface area contributed by atoms with E-state index < -0.39 is 0 Å². The van der Waals surface area contributed by atoms with E-state index in [1.54, 1.807) is 0 Å². The molecule has 2 heterocycles. The SMILES string of the molecule is CCN(CC)C(=O)N1CCC(C(=O)NCCCN2CCCC(C)C2)CC1. The molecule has 2 aliphatic heterocycles. The molecule has 0 aliphatic carbocycles. The number of likely N-dealkylation sites (tertiary alicyclic amines) is 2. The van der Waals surface area contributed by atoms with Crippen LogP contribution in [0.25, 0.3) is 0 Å². The van der Waals surface area contributed by atoms with Gasteiger partial charge in [0.05, 0.1) is 0 Å². The minimum atomic E-state index is 0.0609. The van der Waals surface area contributed by atoms with E-state index in [2.05, 4.69) is 17.1 Å². The molecule has 1 N–H and O–H groups in total. The maximum absolute atomic E-state index is 12.4. The summed E-state index contributed by atoms with van der Waals surface area (Å²) in [6.07, 6.45) is 5.24. The second-order valence-corrected chi connectivity index (χ2v) is 7.91. The van der Waals surface area contributed by atoms with Crippen LogP contribution >= 0.6 is 0 Å². The van der Waals surface area contributed by atoms with Crippen LogP contribution < -0.4 is 5.32 Å². The van der Waals surface area contributed by atoms with Crippen LogP contribution in [-0.2, 0) is 4.79 Å². The number of carbonyl (C=O) groups is 2. The van der Waals surface area contributed by atoms with E-state index in [0.29, 0.717) is 13.1 Å². The van der Waals surface area contributed by atoms with Crippen LogP contribution in [0.2, 0.25) is 0 Å². The predicted octanol–water partition coefficient (Wildman–Crippen LogP) is 2.40. The number of nitrogens with one attached hydrogen (secondary N) is 1. The van der Waals surface area contributed by atoms with Crippen LogP contribution in [0, 0.1) is 11.8 Å². The highest BCUT2D eigenvalue weighted by Gasteiger charge is 2.28. The highest BCUT2D eigenvalue weighted by atomic mass is 16.2. The first-order valence-electron chi connectivity index (χ1n) is 10.6. The zero-order valence-corrected chi connectivity index (χ0v) is 17.0. The summed E-state index contributed by atoms with van der Waals surface area (Å²) in [7, 11) is 0. The number of urea groups is 1. The number of hydrogen-bond donors (Lipinski definition) is 1. The molecule has 0 aromatic carbocycles. The van der Waals surface area contributed by atoms with Gasteiger partial charge in [-0.1, -0.05) is 6.92 Å². The summed E-state index contributed by atoms with van der Waals surface area (Å²) >= 11 is 0. The van der Waals surface area contributed by atoms with Gasteiger partial charge in [-0.05, 0) is 65.0 Å². The summed E-state index contributed by atoms with van der Waals surface area (Å²) in [5.74, 6) is 1.04. The Morgan fingerprint density at radius 3 is 2.38 bits per heavy atom. The summed E-state index contributed by atoms with van der Waals surface area (Å²) in [6.45, 7) is 13.5. The largest absolute Gasteiger partial charge is 0.356 e. The molecule has 6 nitrogen and oxygen atoms in total. The van der Waals surface area contributed by atoms with Crippen molar-refractivity contribution >= 4 is 11.9 Å². The Morgan fingerprint density at radius 2 is 1.77 bits per heavy atom. The smallest absolute Gasteiger partial charge is 0.319 e. The van der Waals surface area contributed by atoms with Crippen LogP contribution in [0.3, 0.4) is 0 Å². The van der Waals surface area contributed by atoms with Crippen molar-refractivity contribution in [1.82, 2.24) is 20.0 Å². The van der Waals surface area contributed by atoms with E-state index in [1.807, 2.05) is 23.6 Å². The second-order valence-electron chi connectivity index (χ2n) is 7.91. The molecule has 0 aromatic rings. The Labute approximate surface area is 159 Å². The molecule has 2 fully saturated rings. The number of rotatable bonds is 7. The Balaban J connectivity index is 1.61. The van der Waals surface area contributed by atoms with Gasteiger partial charge in [-0.15, -0.1) is 0 Å². The molecular formula is C20H38N4O2. The quantitative estimate of drug-likeness (QED) is 0.704. The average molecular weight is 367 g/mol. The minimum absolute atomic E-state index is 0.0609. The standard InChI is InChI=1S/C20H38N4O2/c1-4-23(5-2)20(26)24-14-9-18(10-15-24)19(25)21-11-7-13-22-12-6-8-17(3)16-22/h17-18H,4-16H2,1-3H3,(H,21,25). The number of carbonyl (C=O) groups excluding carboxylic acids is 2. The fourth-order valence-electron chi connectivity index (χ4n) is 4.18. The lowest BCUT2D eigenvalue weighted by Gasteiger charge is -2.34. The molecule has 0 spiro atoms. The van der Waals surface area contributed by atoms with Crippen LogP contribution in [0.4, 0.5) is 4.79 Å². The van der Waals surface area contributed by atoms with Gasteiger partial charge >= 0.3 is 6.03 Å². The predicted molar refractivity (Wildman–Crippen MR) is 105 cm³/mol. The monoisotopic (exact) mass is 366 g/mol. The molecule has 2 saturated heterocycles. The van der Waals surface area contributed by atoms with Gasteiger partial charge < -0.3 is 20.0 Å². The molecule has 1 atom stereocenters. The lowest BCUT2D eigenvalue weighted by molar-refractivity contribution is -0.126. The Hall–Kier alpha value is -1.30. The molecule has 6 heteroatoms. The van der Waals surface area contributed by atoms with Gasteiger partial charge in [0, 0.05) is 45.2 Å². The molecule has 150 valence electrons. The summed E-state index contributed by atoms with van der Waals surface area (Å²) in [4.78, 5) is 31.0. The molecule has 3 amide bonds. The van der Waals surface area contributed by atoms with Gasteiger partial charge in [0.15, 0.2) is 0 Å². The topological polar surface area (TPSA) is 55.9 Å². The molecule has 2 rings (SSSR count). The molecule has 2 aliphatic rings. The lowest BCUT2D eigenvalue weighted by Crippen LogP contribution is -2.48. The maximum atomic E-state index is 12.4. The molecule has 0 aromatic heterocycles. The number of amides is 3. The molecule has 0 radical (unpaired) electrons. The van der Waals surface area contributed by atoms with E-state index in [0.717, 1.165) is 51.4 Å². The lowest BCUT2D eigenvalue weighted by atomic mass is 9.96. The average Bonchev–Trinajstić information content (AvgIpc) is 2.66. The van der Waals surface area contributed by atoms with E-state index in [4.69, 9.17) is 0 Å². The van der Waals surface area contributed by atoms with Gasteiger partial charge in [0.2, 0.25) is 5.91 Å². The zero-order valence-electron chi connectivity index (χ0n) is 17.0. The third-order valence-electron chi connectivity index (χ3n) is 5.86. The highest BCUT2D eigenvalue weighted by Crippen LogP contribution is 2.19. The fourth-order valence-corrected chi connectivity index (χ4v) is 4.18. The van der Waals surface area contributed by atoms with E-state index in [1.165, 1.54) is 25.9 Å². The normalized spacial score (nSPS) is 22.3. The van der Waals surface area contributed by atoms with Crippen molar-refractivity contribution in [2.75, 3.05) is 52.4 Å². The summed E-state index contributed by atoms with van der Waals surface area (Å²) in [6, 6.07) is 0.115. The molecule has 0 saturated carbocycles. The molecule has 26 heavy (non-hydrogen) atoms. The van der Waals surface area contributed by atoms with E-state index in [9.17, 15) is 9.59 Å². The number of piperidine rings is 2. The van der Waals surface area contributed by atoms with Crippen LogP contribution in [0.1, 0.15) is 52.9 Å². The van der Waals surface area contributed by atoms with Gasteiger partial charge in [-0.3, -0.25) is 4.79 Å². The van der Waals surface area contributed by atoms with Gasteiger partial charge in [-0.2, -0.15) is 0 Å². The minimum Gasteiger partial charge on any atom is -0.356 e. The second kappa shape index (κ2) is 10.8. The highest BCUT2D eigenvalue weighted by molar-refractivity contribution is 5.79. The molecule has 1 unspecified atom stereocenters. The first-order valence-corrected chi connectivity index (χ1v) is 10.6. The fraction of sp³-hybridized carbons (Fsp3) is 0.900. The van der Waals surface area contributed by atoms with E-state index in [-0.39, 0.29) is 17.9 Å². The van der Waals surface area contributed by atoms with Crippen molar-refractivity contribution < 1.29 is 9.59 Å². The van der Waals surface area contributed by atoms with Crippen molar-refractivity contribution in [2.24, 2.45) is 11.8 Å². The number of hydrogen-bond acceptors (Lipinski definition) is 3. The van der Waals surface area contributed by atoms with Crippen molar-refractivity contribution in [1.29, 1.82) is 0 Å². The van der Waals surface area contributed by atoms with Gasteiger partial charge in [-0.25, -0.2) is 4.79 Å². The van der Waals surface area contributed by atoms with Crippen LogP contribution in [-0.4, -0.2) is 79.0 Å².